The van der Waals surface area contributed by atoms with E-state index in [-0.39, 0.29) is 0 Å². The molecule has 92 valence electrons. The van der Waals surface area contributed by atoms with E-state index in [2.05, 4.69) is 17.0 Å². The van der Waals surface area contributed by atoms with Crippen LogP contribution in [0.3, 0.4) is 0 Å². The maximum absolute atomic E-state index is 5.54. The van der Waals surface area contributed by atoms with E-state index < -0.39 is 0 Å². The Labute approximate surface area is 102 Å². The number of aryl methyl sites for hydroxylation is 2. The first kappa shape index (κ1) is 10.9. The summed E-state index contributed by atoms with van der Waals surface area (Å²) in [4.78, 5) is 2.38. The van der Waals surface area contributed by atoms with Crippen molar-refractivity contribution >= 4 is 5.69 Å². The summed E-state index contributed by atoms with van der Waals surface area (Å²) in [6.07, 6.45) is 3.71. The Bertz CT molecular complexity index is 411. The Balaban J connectivity index is 1.96. The molecule has 3 rings (SSSR count). The highest BCUT2D eigenvalue weighted by molar-refractivity contribution is 5.63. The molecule has 1 heterocycles. The van der Waals surface area contributed by atoms with Gasteiger partial charge in [-0.2, -0.15) is 0 Å². The molecule has 1 aromatic carbocycles. The number of anilines is 1. The van der Waals surface area contributed by atoms with Crippen molar-refractivity contribution in [2.45, 2.75) is 19.3 Å². The first-order valence-electron chi connectivity index (χ1n) is 6.41. The zero-order valence-electron chi connectivity index (χ0n) is 10.4. The highest BCUT2D eigenvalue weighted by Crippen LogP contribution is 2.35. The van der Waals surface area contributed by atoms with Crippen molar-refractivity contribution in [3.05, 3.63) is 23.3 Å². The summed E-state index contributed by atoms with van der Waals surface area (Å²) in [5, 5.41) is 0. The smallest absolute Gasteiger partial charge is 0.142 e. The zero-order valence-corrected chi connectivity index (χ0v) is 10.4. The van der Waals surface area contributed by atoms with Crippen LogP contribution >= 0.6 is 0 Å². The van der Waals surface area contributed by atoms with E-state index in [4.69, 9.17) is 9.47 Å². The van der Waals surface area contributed by atoms with Crippen molar-refractivity contribution in [1.82, 2.24) is 0 Å². The van der Waals surface area contributed by atoms with Gasteiger partial charge in [0.2, 0.25) is 0 Å². The molecule has 17 heavy (non-hydrogen) atoms. The number of morpholine rings is 1. The quantitative estimate of drug-likeness (QED) is 0.780. The van der Waals surface area contributed by atoms with E-state index >= 15 is 0 Å². The standard InChI is InChI=1S/C14H19NO2/c1-16-14-10-12-4-2-3-11(12)9-13(14)15-5-7-17-8-6-15/h9-10H,2-8H2,1H3. The molecule has 1 aromatic rings. The lowest BCUT2D eigenvalue weighted by Crippen LogP contribution is -2.36. The summed E-state index contributed by atoms with van der Waals surface area (Å²) in [5.74, 6) is 1.02. The van der Waals surface area contributed by atoms with E-state index in [1.807, 2.05) is 0 Å². The van der Waals surface area contributed by atoms with Gasteiger partial charge in [0.05, 0.1) is 26.0 Å². The number of nitrogens with zero attached hydrogens (tertiary/aromatic N) is 1. The van der Waals surface area contributed by atoms with Gasteiger partial charge in [0, 0.05) is 13.1 Å². The molecule has 0 aromatic heterocycles. The molecule has 3 nitrogen and oxygen atoms in total. The third kappa shape index (κ3) is 2.00. The molecule has 0 atom stereocenters. The maximum atomic E-state index is 5.54. The Hall–Kier alpha value is -1.22. The van der Waals surface area contributed by atoms with Crippen LogP contribution in [0.4, 0.5) is 5.69 Å². The monoisotopic (exact) mass is 233 g/mol. The lowest BCUT2D eigenvalue weighted by Gasteiger charge is -2.30. The van der Waals surface area contributed by atoms with Gasteiger partial charge < -0.3 is 14.4 Å². The second kappa shape index (κ2) is 4.57. The van der Waals surface area contributed by atoms with Crippen molar-refractivity contribution in [2.75, 3.05) is 38.3 Å². The van der Waals surface area contributed by atoms with Crippen LogP contribution in [-0.2, 0) is 17.6 Å². The fourth-order valence-corrected chi connectivity index (χ4v) is 2.80. The summed E-state index contributed by atoms with van der Waals surface area (Å²) in [6.45, 7) is 3.57. The van der Waals surface area contributed by atoms with Crippen molar-refractivity contribution < 1.29 is 9.47 Å². The van der Waals surface area contributed by atoms with Crippen LogP contribution in [0.2, 0.25) is 0 Å². The van der Waals surface area contributed by atoms with Gasteiger partial charge in [-0.1, -0.05) is 0 Å². The van der Waals surface area contributed by atoms with Crippen LogP contribution < -0.4 is 9.64 Å². The maximum Gasteiger partial charge on any atom is 0.142 e. The lowest BCUT2D eigenvalue weighted by molar-refractivity contribution is 0.122. The average molecular weight is 233 g/mol. The molecule has 0 N–H and O–H groups in total. The van der Waals surface area contributed by atoms with Gasteiger partial charge in [-0.05, 0) is 42.5 Å². The Morgan fingerprint density at radius 2 is 1.82 bits per heavy atom. The molecule has 0 amide bonds. The topological polar surface area (TPSA) is 21.7 Å². The molecule has 1 fully saturated rings. The SMILES string of the molecule is COc1cc2c(cc1N1CCOCC1)CCC2. The second-order valence-corrected chi connectivity index (χ2v) is 4.75. The zero-order chi connectivity index (χ0) is 11.7. The minimum atomic E-state index is 0.820. The first-order chi connectivity index (χ1) is 8.38. The van der Waals surface area contributed by atoms with Gasteiger partial charge in [0.15, 0.2) is 0 Å². The van der Waals surface area contributed by atoms with Gasteiger partial charge >= 0.3 is 0 Å². The van der Waals surface area contributed by atoms with Crippen molar-refractivity contribution in [3.8, 4) is 5.75 Å². The van der Waals surface area contributed by atoms with Gasteiger partial charge in [0.25, 0.3) is 0 Å². The lowest BCUT2D eigenvalue weighted by atomic mass is 10.1. The molecular formula is C14H19NO2. The molecule has 3 heteroatoms. The number of methoxy groups -OCH3 is 1. The molecule has 1 aliphatic heterocycles. The van der Waals surface area contributed by atoms with Crippen LogP contribution in [-0.4, -0.2) is 33.4 Å². The summed E-state index contributed by atoms with van der Waals surface area (Å²) in [7, 11) is 1.76. The fraction of sp³-hybridized carbons (Fsp3) is 0.571. The highest BCUT2D eigenvalue weighted by Gasteiger charge is 2.20. The second-order valence-electron chi connectivity index (χ2n) is 4.75. The third-order valence-corrected chi connectivity index (χ3v) is 3.75. The number of fused-ring (bicyclic) bond motifs is 1. The molecule has 1 aliphatic carbocycles. The highest BCUT2D eigenvalue weighted by atomic mass is 16.5. The average Bonchev–Trinajstić information content (AvgIpc) is 2.85. The minimum Gasteiger partial charge on any atom is -0.495 e. The van der Waals surface area contributed by atoms with Crippen molar-refractivity contribution in [3.63, 3.8) is 0 Å². The molecule has 0 spiro atoms. The molecule has 1 saturated heterocycles. The predicted molar refractivity (Wildman–Crippen MR) is 68.1 cm³/mol. The molecule has 0 saturated carbocycles. The Kier molecular flexibility index (Phi) is 2.93. The summed E-state index contributed by atoms with van der Waals surface area (Å²) in [5.41, 5.74) is 4.22. The fourth-order valence-electron chi connectivity index (χ4n) is 2.80. The van der Waals surface area contributed by atoms with E-state index in [1.165, 1.54) is 36.1 Å². The van der Waals surface area contributed by atoms with Gasteiger partial charge in [0.1, 0.15) is 5.75 Å². The molecule has 0 radical (unpaired) electrons. The normalized spacial score (nSPS) is 19.2. The molecule has 0 unspecified atom stereocenters. The summed E-state index contributed by atoms with van der Waals surface area (Å²) < 4.78 is 10.9. The van der Waals surface area contributed by atoms with Crippen molar-refractivity contribution in [2.24, 2.45) is 0 Å². The number of rotatable bonds is 2. The Morgan fingerprint density at radius 3 is 2.53 bits per heavy atom. The van der Waals surface area contributed by atoms with Crippen LogP contribution in [0, 0.1) is 0 Å². The molecule has 0 bridgehead atoms. The number of benzene rings is 1. The van der Waals surface area contributed by atoms with Crippen molar-refractivity contribution in [1.29, 1.82) is 0 Å². The number of ether oxygens (including phenoxy) is 2. The predicted octanol–water partition coefficient (Wildman–Crippen LogP) is 2.02. The van der Waals surface area contributed by atoms with Gasteiger partial charge in [-0.15, -0.1) is 0 Å². The largest absolute Gasteiger partial charge is 0.495 e. The molecular weight excluding hydrogens is 214 g/mol. The van der Waals surface area contributed by atoms with E-state index in [1.54, 1.807) is 7.11 Å². The number of hydrogen-bond acceptors (Lipinski definition) is 3. The van der Waals surface area contributed by atoms with Gasteiger partial charge in [-0.25, -0.2) is 0 Å². The van der Waals surface area contributed by atoms with E-state index in [0.29, 0.717) is 0 Å². The van der Waals surface area contributed by atoms with E-state index in [0.717, 1.165) is 32.1 Å². The number of hydrogen-bond donors (Lipinski definition) is 0. The van der Waals surface area contributed by atoms with Crippen LogP contribution in [0.5, 0.6) is 5.75 Å². The minimum absolute atomic E-state index is 0.820. The van der Waals surface area contributed by atoms with E-state index in [9.17, 15) is 0 Å². The Morgan fingerprint density at radius 1 is 1.12 bits per heavy atom. The molecule has 2 aliphatic rings. The van der Waals surface area contributed by atoms with Crippen LogP contribution in [0.25, 0.3) is 0 Å². The third-order valence-electron chi connectivity index (χ3n) is 3.75. The van der Waals surface area contributed by atoms with Crippen LogP contribution in [0.15, 0.2) is 12.1 Å². The van der Waals surface area contributed by atoms with Gasteiger partial charge in [-0.3, -0.25) is 0 Å². The van der Waals surface area contributed by atoms with Crippen LogP contribution in [0.1, 0.15) is 17.5 Å². The summed E-state index contributed by atoms with van der Waals surface area (Å²) in [6, 6.07) is 4.56. The first-order valence-corrected chi connectivity index (χ1v) is 6.41. The summed E-state index contributed by atoms with van der Waals surface area (Å²) >= 11 is 0.